The lowest BCUT2D eigenvalue weighted by atomic mass is 10.0. The molecule has 102 valence electrons. The van der Waals surface area contributed by atoms with Crippen LogP contribution < -0.4 is 0 Å². The van der Waals surface area contributed by atoms with E-state index in [-0.39, 0.29) is 12.0 Å². The lowest BCUT2D eigenvalue weighted by Gasteiger charge is -2.24. The topological polar surface area (TPSA) is 38.8 Å². The Labute approximate surface area is 116 Å². The summed E-state index contributed by atoms with van der Waals surface area (Å²) in [5.74, 6) is 0.0628. The highest BCUT2D eigenvalue weighted by molar-refractivity contribution is 7.10. The van der Waals surface area contributed by atoms with Gasteiger partial charge in [-0.1, -0.05) is 0 Å². The normalized spacial score (nSPS) is 27.6. The van der Waals surface area contributed by atoms with Crippen molar-refractivity contribution < 1.29 is 14.4 Å². The molecular weight excluding hydrogens is 262 g/mol. The number of nitrogens with zero attached hydrogens (tertiary/aromatic N) is 1. The number of amides is 1. The molecule has 0 bridgehead atoms. The molecule has 4 nitrogen and oxygen atoms in total. The Kier molecular flexibility index (Phi) is 2.69. The molecule has 1 saturated carbocycles. The SMILES string of the molecule is O=C(CC1OCCc2sccc21)N1CC2(CC2)CO1. The first-order valence-electron chi connectivity index (χ1n) is 6.87. The molecule has 1 aromatic rings. The predicted octanol–water partition coefficient (Wildman–Crippen LogP) is 2.31. The molecule has 1 spiro atoms. The number of thiophene rings is 1. The van der Waals surface area contributed by atoms with Crippen LogP contribution in [0.2, 0.25) is 0 Å². The number of fused-ring (bicyclic) bond motifs is 1. The first-order valence-corrected chi connectivity index (χ1v) is 7.75. The molecule has 1 unspecified atom stereocenters. The molecule has 0 radical (unpaired) electrons. The fourth-order valence-corrected chi connectivity index (χ4v) is 3.82. The molecule has 5 heteroatoms. The number of hydrogen-bond acceptors (Lipinski definition) is 4. The predicted molar refractivity (Wildman–Crippen MR) is 70.7 cm³/mol. The van der Waals surface area contributed by atoms with Crippen molar-refractivity contribution in [3.63, 3.8) is 0 Å². The summed E-state index contributed by atoms with van der Waals surface area (Å²) in [5.41, 5.74) is 1.50. The minimum atomic E-state index is -0.0816. The van der Waals surface area contributed by atoms with E-state index in [4.69, 9.17) is 9.57 Å². The number of rotatable bonds is 2. The summed E-state index contributed by atoms with van der Waals surface area (Å²) in [6.45, 7) is 2.21. The van der Waals surface area contributed by atoms with Gasteiger partial charge in [0, 0.05) is 16.7 Å². The zero-order chi connectivity index (χ0) is 12.9. The largest absolute Gasteiger partial charge is 0.373 e. The number of carbonyl (C=O) groups is 1. The van der Waals surface area contributed by atoms with Gasteiger partial charge >= 0.3 is 0 Å². The monoisotopic (exact) mass is 279 g/mol. The van der Waals surface area contributed by atoms with Crippen molar-refractivity contribution in [2.45, 2.75) is 31.8 Å². The van der Waals surface area contributed by atoms with Crippen molar-refractivity contribution >= 4 is 17.2 Å². The van der Waals surface area contributed by atoms with Gasteiger partial charge in [-0.25, -0.2) is 5.06 Å². The summed E-state index contributed by atoms with van der Waals surface area (Å²) in [5, 5.41) is 3.65. The number of carbonyl (C=O) groups excluding carboxylic acids is 1. The fourth-order valence-electron chi connectivity index (χ4n) is 2.90. The molecular formula is C14H17NO3S. The standard InChI is InChI=1S/C14H17NO3S/c16-13(15-8-14(3-4-14)9-18-15)7-11-10-2-6-19-12(10)1-5-17-11/h2,6,11H,1,3-5,7-9H2. The minimum absolute atomic E-state index is 0.0628. The summed E-state index contributed by atoms with van der Waals surface area (Å²) in [6, 6.07) is 2.09. The number of hydrogen-bond donors (Lipinski definition) is 0. The second-order valence-corrected chi connectivity index (χ2v) is 6.82. The van der Waals surface area contributed by atoms with Crippen LogP contribution in [0.3, 0.4) is 0 Å². The fraction of sp³-hybridized carbons (Fsp3) is 0.643. The average molecular weight is 279 g/mol. The molecule has 2 fully saturated rings. The molecule has 3 heterocycles. The summed E-state index contributed by atoms with van der Waals surface area (Å²) in [4.78, 5) is 19.2. The van der Waals surface area contributed by atoms with E-state index in [1.807, 2.05) is 0 Å². The third-order valence-electron chi connectivity index (χ3n) is 4.38. The van der Waals surface area contributed by atoms with Gasteiger partial charge in [-0.15, -0.1) is 11.3 Å². The molecule has 1 amide bonds. The van der Waals surface area contributed by atoms with Gasteiger partial charge in [0.25, 0.3) is 0 Å². The minimum Gasteiger partial charge on any atom is -0.373 e. The van der Waals surface area contributed by atoms with Gasteiger partial charge in [-0.3, -0.25) is 9.63 Å². The maximum atomic E-state index is 12.3. The molecule has 4 rings (SSSR count). The van der Waals surface area contributed by atoms with E-state index in [2.05, 4.69) is 11.4 Å². The smallest absolute Gasteiger partial charge is 0.249 e. The Bertz CT molecular complexity index is 509. The van der Waals surface area contributed by atoms with Gasteiger partial charge in [0.2, 0.25) is 5.91 Å². The quantitative estimate of drug-likeness (QED) is 0.834. The molecule has 2 aliphatic heterocycles. The second-order valence-electron chi connectivity index (χ2n) is 5.82. The van der Waals surface area contributed by atoms with E-state index in [9.17, 15) is 4.79 Å². The number of hydroxylamine groups is 2. The van der Waals surface area contributed by atoms with Crippen LogP contribution in [0, 0.1) is 5.41 Å². The van der Waals surface area contributed by atoms with Crippen molar-refractivity contribution in [2.24, 2.45) is 5.41 Å². The van der Waals surface area contributed by atoms with E-state index in [1.54, 1.807) is 16.4 Å². The van der Waals surface area contributed by atoms with Crippen LogP contribution in [-0.2, 0) is 20.8 Å². The van der Waals surface area contributed by atoms with Crippen LogP contribution in [0.25, 0.3) is 0 Å². The van der Waals surface area contributed by atoms with Crippen molar-refractivity contribution in [1.29, 1.82) is 0 Å². The van der Waals surface area contributed by atoms with Gasteiger partial charge in [0.05, 0.1) is 32.3 Å². The van der Waals surface area contributed by atoms with E-state index < -0.39 is 0 Å². The molecule has 1 atom stereocenters. The summed E-state index contributed by atoms with van der Waals surface area (Å²) in [6.07, 6.45) is 3.69. The molecule has 1 saturated heterocycles. The van der Waals surface area contributed by atoms with Gasteiger partial charge in [-0.2, -0.15) is 0 Å². The van der Waals surface area contributed by atoms with Crippen LogP contribution in [0.5, 0.6) is 0 Å². The van der Waals surface area contributed by atoms with E-state index in [0.717, 1.165) is 19.6 Å². The second kappa shape index (κ2) is 4.30. The van der Waals surface area contributed by atoms with Crippen molar-refractivity contribution in [3.8, 4) is 0 Å². The first-order chi connectivity index (χ1) is 9.26. The maximum Gasteiger partial charge on any atom is 0.249 e. The van der Waals surface area contributed by atoms with Crippen LogP contribution in [0.4, 0.5) is 0 Å². The van der Waals surface area contributed by atoms with Gasteiger partial charge in [0.15, 0.2) is 0 Å². The number of ether oxygens (including phenoxy) is 1. The van der Waals surface area contributed by atoms with Gasteiger partial charge in [0.1, 0.15) is 0 Å². The van der Waals surface area contributed by atoms with E-state index >= 15 is 0 Å². The van der Waals surface area contributed by atoms with E-state index in [0.29, 0.717) is 18.4 Å². The Hall–Kier alpha value is -0.910. The molecule has 0 N–H and O–H groups in total. The Morgan fingerprint density at radius 1 is 1.53 bits per heavy atom. The molecule has 0 aromatic carbocycles. The van der Waals surface area contributed by atoms with Crippen LogP contribution >= 0.6 is 11.3 Å². The lowest BCUT2D eigenvalue weighted by Crippen LogP contribution is -2.30. The van der Waals surface area contributed by atoms with Crippen molar-refractivity contribution in [3.05, 3.63) is 21.9 Å². The summed E-state index contributed by atoms with van der Waals surface area (Å²) >= 11 is 1.76. The highest BCUT2D eigenvalue weighted by Crippen LogP contribution is 2.50. The van der Waals surface area contributed by atoms with Crippen LogP contribution in [0.15, 0.2) is 11.4 Å². The zero-order valence-electron chi connectivity index (χ0n) is 10.8. The van der Waals surface area contributed by atoms with Crippen LogP contribution in [-0.4, -0.2) is 30.7 Å². The van der Waals surface area contributed by atoms with Crippen molar-refractivity contribution in [2.75, 3.05) is 19.8 Å². The molecule has 3 aliphatic rings. The van der Waals surface area contributed by atoms with Crippen LogP contribution in [0.1, 0.15) is 35.8 Å². The van der Waals surface area contributed by atoms with Gasteiger partial charge in [-0.05, 0) is 29.9 Å². The molecule has 1 aromatic heterocycles. The summed E-state index contributed by atoms with van der Waals surface area (Å²) in [7, 11) is 0. The highest BCUT2D eigenvalue weighted by Gasteiger charge is 2.50. The summed E-state index contributed by atoms with van der Waals surface area (Å²) < 4.78 is 5.76. The molecule has 1 aliphatic carbocycles. The third kappa shape index (κ3) is 2.10. The van der Waals surface area contributed by atoms with E-state index in [1.165, 1.54) is 23.3 Å². The first kappa shape index (κ1) is 11.9. The Morgan fingerprint density at radius 2 is 2.42 bits per heavy atom. The Morgan fingerprint density at radius 3 is 3.21 bits per heavy atom. The highest BCUT2D eigenvalue weighted by atomic mass is 32.1. The molecule has 19 heavy (non-hydrogen) atoms. The average Bonchev–Trinajstić information content (AvgIpc) is 2.85. The zero-order valence-corrected chi connectivity index (χ0v) is 11.6. The van der Waals surface area contributed by atoms with Crippen molar-refractivity contribution in [1.82, 2.24) is 5.06 Å². The maximum absolute atomic E-state index is 12.3. The van der Waals surface area contributed by atoms with Gasteiger partial charge < -0.3 is 4.74 Å². The Balaban J connectivity index is 1.43. The lowest BCUT2D eigenvalue weighted by molar-refractivity contribution is -0.171. The third-order valence-corrected chi connectivity index (χ3v) is 5.37.